The number of allylic oxidation sites excluding steroid dienone is 2. The topological polar surface area (TPSA) is 57.5 Å². The zero-order chi connectivity index (χ0) is 19.9. The molecule has 5 heteroatoms. The Hall–Kier alpha value is -1.43. The molecule has 1 aliphatic rings. The summed E-state index contributed by atoms with van der Waals surface area (Å²) in [7, 11) is 0. The van der Waals surface area contributed by atoms with Crippen molar-refractivity contribution in [2.75, 3.05) is 0 Å². The van der Waals surface area contributed by atoms with Crippen molar-refractivity contribution < 1.29 is 15.0 Å². The Morgan fingerprint density at radius 3 is 2.79 bits per heavy atom. The number of hydrogen-bond acceptors (Lipinski definition) is 4. The van der Waals surface area contributed by atoms with Crippen molar-refractivity contribution in [3.63, 3.8) is 0 Å². The maximum absolute atomic E-state index is 11.0. The molecule has 2 aromatic heterocycles. The fourth-order valence-corrected chi connectivity index (χ4v) is 5.97. The molecule has 3 nitrogen and oxygen atoms in total. The van der Waals surface area contributed by atoms with Gasteiger partial charge in [-0.05, 0) is 74.3 Å². The van der Waals surface area contributed by atoms with Crippen molar-refractivity contribution in [1.82, 2.24) is 0 Å². The number of hydrogen-bond donors (Lipinski definition) is 2. The van der Waals surface area contributed by atoms with E-state index in [1.54, 1.807) is 17.4 Å². The van der Waals surface area contributed by atoms with Crippen molar-refractivity contribution >= 4 is 34.2 Å². The average Bonchev–Trinajstić information content (AvgIpc) is 3.42. The van der Waals surface area contributed by atoms with E-state index in [4.69, 9.17) is 5.11 Å². The molecule has 2 atom stereocenters. The maximum Gasteiger partial charge on any atom is 0.345 e. The molecule has 0 saturated carbocycles. The van der Waals surface area contributed by atoms with E-state index < -0.39 is 5.97 Å². The first-order valence-corrected chi connectivity index (χ1v) is 12.0. The Bertz CT molecular complexity index is 802. The van der Waals surface area contributed by atoms with Crippen LogP contribution >= 0.6 is 22.7 Å². The molecule has 2 aromatic rings. The molecule has 1 aliphatic carbocycles. The number of rotatable bonds is 11. The van der Waals surface area contributed by atoms with Crippen LogP contribution in [0.1, 0.15) is 88.7 Å². The van der Waals surface area contributed by atoms with Crippen LogP contribution in [0.4, 0.5) is 0 Å². The van der Waals surface area contributed by atoms with Gasteiger partial charge in [0.2, 0.25) is 0 Å². The lowest BCUT2D eigenvalue weighted by Crippen LogP contribution is -1.99. The van der Waals surface area contributed by atoms with E-state index in [1.165, 1.54) is 41.0 Å². The number of unbranched alkanes of at least 4 members (excludes halogenated alkanes) is 2. The first-order valence-electron chi connectivity index (χ1n) is 10.4. The summed E-state index contributed by atoms with van der Waals surface area (Å²) in [6.07, 6.45) is 11.9. The zero-order valence-electron chi connectivity index (χ0n) is 16.5. The van der Waals surface area contributed by atoms with Crippen molar-refractivity contribution in [2.24, 2.45) is 5.92 Å². The summed E-state index contributed by atoms with van der Waals surface area (Å²) in [5.74, 6) is -0.245. The molecule has 152 valence electrons. The molecule has 2 N–H and O–H groups in total. The molecule has 0 fully saturated rings. The first kappa shape index (κ1) is 21.3. The van der Waals surface area contributed by atoms with Crippen molar-refractivity contribution in [1.29, 1.82) is 0 Å². The lowest BCUT2D eigenvalue weighted by Gasteiger charge is -2.14. The van der Waals surface area contributed by atoms with Crippen LogP contribution in [-0.4, -0.2) is 16.2 Å². The Morgan fingerprint density at radius 1 is 1.18 bits per heavy atom. The molecule has 0 saturated heterocycles. The van der Waals surface area contributed by atoms with Gasteiger partial charge >= 0.3 is 5.97 Å². The van der Waals surface area contributed by atoms with Crippen LogP contribution in [0.2, 0.25) is 0 Å². The number of aryl methyl sites for hydroxylation is 1. The fourth-order valence-electron chi connectivity index (χ4n) is 3.93. The van der Waals surface area contributed by atoms with Crippen molar-refractivity contribution in [3.8, 4) is 0 Å². The van der Waals surface area contributed by atoms with Gasteiger partial charge in [-0.25, -0.2) is 4.79 Å². The largest absolute Gasteiger partial charge is 0.477 e. The number of aliphatic hydroxyl groups excluding tert-OH is 1. The number of aliphatic hydroxyl groups is 1. The molecule has 0 spiro atoms. The third kappa shape index (κ3) is 5.56. The van der Waals surface area contributed by atoms with Crippen LogP contribution in [0.25, 0.3) is 5.57 Å². The fraction of sp³-hybridized carbons (Fsp3) is 0.522. The monoisotopic (exact) mass is 418 g/mol. The Labute approximate surface area is 175 Å². The molecule has 0 radical (unpaired) electrons. The molecule has 2 heterocycles. The summed E-state index contributed by atoms with van der Waals surface area (Å²) in [4.78, 5) is 15.0. The van der Waals surface area contributed by atoms with Gasteiger partial charge in [-0.15, -0.1) is 22.7 Å². The van der Waals surface area contributed by atoms with E-state index in [-0.39, 0.29) is 6.10 Å². The maximum atomic E-state index is 11.0. The molecule has 0 aromatic carbocycles. The number of carboxylic acid groups (broad SMARTS) is 1. The highest BCUT2D eigenvalue weighted by atomic mass is 32.1. The standard InChI is InChI=1S/C23H30O3S2/c1-2-3-4-11-19(24)21-15-14-20(28-21)18-10-6-8-16(18)7-5-9-17-12-13-22(27-17)23(25)26/h10,12-16,19,24H,2-9,11H2,1H3,(H,25,26)/t16-,19?/m0/s1. The summed E-state index contributed by atoms with van der Waals surface area (Å²) < 4.78 is 0. The highest BCUT2D eigenvalue weighted by Gasteiger charge is 2.22. The van der Waals surface area contributed by atoms with Crippen LogP contribution in [0.5, 0.6) is 0 Å². The minimum atomic E-state index is -0.831. The van der Waals surface area contributed by atoms with Gasteiger partial charge in [0.25, 0.3) is 0 Å². The second-order valence-corrected chi connectivity index (χ2v) is 9.89. The third-order valence-electron chi connectivity index (χ3n) is 5.49. The predicted octanol–water partition coefficient (Wildman–Crippen LogP) is 6.94. The lowest BCUT2D eigenvalue weighted by molar-refractivity contribution is 0.0702. The normalized spacial score (nSPS) is 17.6. The molecule has 1 unspecified atom stereocenters. The van der Waals surface area contributed by atoms with E-state index in [1.807, 2.05) is 6.07 Å². The molecule has 0 aliphatic heterocycles. The quantitative estimate of drug-likeness (QED) is 0.389. The highest BCUT2D eigenvalue weighted by Crippen LogP contribution is 2.41. The van der Waals surface area contributed by atoms with Gasteiger partial charge in [0, 0.05) is 14.6 Å². The summed E-state index contributed by atoms with van der Waals surface area (Å²) in [5.41, 5.74) is 1.45. The molecule has 0 amide bonds. The SMILES string of the molecule is CCCCCC(O)c1ccc(C2=CCC[C@@H]2CCCc2ccc(C(=O)O)s2)s1. The second kappa shape index (κ2) is 10.4. The predicted molar refractivity (Wildman–Crippen MR) is 118 cm³/mol. The summed E-state index contributed by atoms with van der Waals surface area (Å²) >= 11 is 3.15. The van der Waals surface area contributed by atoms with Gasteiger partial charge in [-0.3, -0.25) is 0 Å². The van der Waals surface area contributed by atoms with Crippen LogP contribution in [0.3, 0.4) is 0 Å². The van der Waals surface area contributed by atoms with E-state index >= 15 is 0 Å². The van der Waals surface area contributed by atoms with Crippen LogP contribution in [-0.2, 0) is 6.42 Å². The molecule has 0 bridgehead atoms. The van der Waals surface area contributed by atoms with E-state index in [2.05, 4.69) is 25.1 Å². The summed E-state index contributed by atoms with van der Waals surface area (Å²) in [6, 6.07) is 7.95. The van der Waals surface area contributed by atoms with Gasteiger partial charge in [0.1, 0.15) is 4.88 Å². The minimum Gasteiger partial charge on any atom is -0.477 e. The molecular weight excluding hydrogens is 388 g/mol. The Balaban J connectivity index is 1.52. The number of aromatic carboxylic acids is 1. The molecular formula is C23H30O3S2. The van der Waals surface area contributed by atoms with Gasteiger partial charge in [0.05, 0.1) is 6.10 Å². The first-order chi connectivity index (χ1) is 13.6. The summed E-state index contributed by atoms with van der Waals surface area (Å²) in [6.45, 7) is 2.19. The van der Waals surface area contributed by atoms with Gasteiger partial charge in [0.15, 0.2) is 0 Å². The van der Waals surface area contributed by atoms with Gasteiger partial charge < -0.3 is 10.2 Å². The van der Waals surface area contributed by atoms with Gasteiger partial charge in [-0.2, -0.15) is 0 Å². The lowest BCUT2D eigenvalue weighted by atomic mass is 9.94. The molecule has 3 rings (SSSR count). The minimum absolute atomic E-state index is 0.326. The third-order valence-corrected chi connectivity index (χ3v) is 7.86. The van der Waals surface area contributed by atoms with E-state index in [0.29, 0.717) is 10.8 Å². The van der Waals surface area contributed by atoms with E-state index in [0.717, 1.165) is 48.3 Å². The second-order valence-electron chi connectivity index (χ2n) is 7.61. The van der Waals surface area contributed by atoms with Crippen molar-refractivity contribution in [2.45, 2.75) is 70.8 Å². The number of thiophene rings is 2. The smallest absolute Gasteiger partial charge is 0.345 e. The highest BCUT2D eigenvalue weighted by molar-refractivity contribution is 7.14. The van der Waals surface area contributed by atoms with Crippen LogP contribution in [0.15, 0.2) is 30.3 Å². The van der Waals surface area contributed by atoms with Crippen LogP contribution in [0, 0.1) is 5.92 Å². The number of carbonyl (C=O) groups is 1. The average molecular weight is 419 g/mol. The van der Waals surface area contributed by atoms with Crippen LogP contribution < -0.4 is 0 Å². The zero-order valence-corrected chi connectivity index (χ0v) is 18.2. The molecule has 28 heavy (non-hydrogen) atoms. The summed E-state index contributed by atoms with van der Waals surface area (Å²) in [5, 5.41) is 19.5. The van der Waals surface area contributed by atoms with Crippen molar-refractivity contribution in [3.05, 3.63) is 49.9 Å². The Morgan fingerprint density at radius 2 is 2.04 bits per heavy atom. The number of carboxylic acids is 1. The van der Waals surface area contributed by atoms with Gasteiger partial charge in [-0.1, -0.05) is 32.3 Å². The Kier molecular flexibility index (Phi) is 7.89. The van der Waals surface area contributed by atoms with E-state index in [9.17, 15) is 9.90 Å².